The molecule has 1 heterocycles. The van der Waals surface area contributed by atoms with Gasteiger partial charge in [-0.05, 0) is 44.4 Å². The molecule has 0 saturated carbocycles. The Balaban J connectivity index is 1.74. The molecule has 6 heteroatoms. The molecule has 2 rings (SSSR count). The van der Waals surface area contributed by atoms with E-state index in [0.29, 0.717) is 0 Å². The number of aromatic nitrogens is 1. The lowest BCUT2D eigenvalue weighted by atomic mass is 10.1. The molecule has 1 aromatic carbocycles. The Labute approximate surface area is 154 Å². The van der Waals surface area contributed by atoms with E-state index in [-0.39, 0.29) is 0 Å². The minimum absolute atomic E-state index is 0.795. The maximum atomic E-state index is 5.26. The Morgan fingerprint density at radius 2 is 2.16 bits per heavy atom. The fourth-order valence-corrected chi connectivity index (χ4v) is 3.24. The molecule has 136 valence electrons. The van der Waals surface area contributed by atoms with Gasteiger partial charge in [0, 0.05) is 37.1 Å². The van der Waals surface area contributed by atoms with Gasteiger partial charge in [0.2, 0.25) is 0 Å². The number of hydrogen-bond donors (Lipinski definition) is 2. The topological polar surface area (TPSA) is 58.5 Å². The first-order valence-corrected chi connectivity index (χ1v) is 9.59. The van der Waals surface area contributed by atoms with E-state index in [9.17, 15) is 0 Å². The number of methoxy groups -OCH3 is 1. The Bertz CT molecular complexity index is 669. The van der Waals surface area contributed by atoms with Crippen molar-refractivity contribution in [1.29, 1.82) is 0 Å². The molecule has 0 bridgehead atoms. The van der Waals surface area contributed by atoms with Crippen LogP contribution in [0.3, 0.4) is 0 Å². The van der Waals surface area contributed by atoms with Crippen LogP contribution in [-0.2, 0) is 12.8 Å². The van der Waals surface area contributed by atoms with Gasteiger partial charge in [-0.2, -0.15) is 0 Å². The number of nitrogens with zero attached hydrogens (tertiary/aromatic N) is 2. The lowest BCUT2D eigenvalue weighted by Crippen LogP contribution is -2.38. The maximum absolute atomic E-state index is 5.26. The molecule has 0 spiro atoms. The van der Waals surface area contributed by atoms with E-state index < -0.39 is 0 Å². The van der Waals surface area contributed by atoms with E-state index in [4.69, 9.17) is 4.74 Å². The zero-order valence-electron chi connectivity index (χ0n) is 15.3. The summed E-state index contributed by atoms with van der Waals surface area (Å²) < 4.78 is 5.26. The molecule has 1 aromatic heterocycles. The largest absolute Gasteiger partial charge is 0.497 e. The van der Waals surface area contributed by atoms with Crippen molar-refractivity contribution in [2.75, 3.05) is 26.7 Å². The normalized spacial score (nSPS) is 11.4. The molecule has 0 radical (unpaired) electrons. The minimum atomic E-state index is 0.795. The summed E-state index contributed by atoms with van der Waals surface area (Å²) in [5.74, 6) is 1.79. The van der Waals surface area contributed by atoms with Crippen LogP contribution in [0.25, 0.3) is 0 Å². The van der Waals surface area contributed by atoms with E-state index in [1.807, 2.05) is 18.3 Å². The van der Waals surface area contributed by atoms with Crippen LogP contribution in [0.1, 0.15) is 28.8 Å². The third kappa shape index (κ3) is 7.13. The first-order chi connectivity index (χ1) is 12.2. The van der Waals surface area contributed by atoms with E-state index in [1.165, 1.54) is 15.4 Å². The Morgan fingerprint density at radius 1 is 1.28 bits per heavy atom. The number of rotatable bonds is 9. The maximum Gasteiger partial charge on any atom is 0.191 e. The van der Waals surface area contributed by atoms with Crippen molar-refractivity contribution in [3.8, 4) is 5.75 Å². The molecule has 0 aliphatic rings. The number of thiazole rings is 1. The van der Waals surface area contributed by atoms with E-state index in [1.54, 1.807) is 18.4 Å². The smallest absolute Gasteiger partial charge is 0.191 e. The molecule has 0 fully saturated rings. The molecule has 0 saturated heterocycles. The van der Waals surface area contributed by atoms with Gasteiger partial charge in [0.1, 0.15) is 5.75 Å². The van der Waals surface area contributed by atoms with Crippen molar-refractivity contribution in [1.82, 2.24) is 15.6 Å². The van der Waals surface area contributed by atoms with Crippen LogP contribution in [0.15, 0.2) is 35.5 Å². The molecule has 0 unspecified atom stereocenters. The predicted octanol–water partition coefficient (Wildman–Crippen LogP) is 3.19. The summed E-state index contributed by atoms with van der Waals surface area (Å²) in [6.07, 6.45) is 4.86. The van der Waals surface area contributed by atoms with Gasteiger partial charge in [-0.3, -0.25) is 4.99 Å². The number of nitrogens with one attached hydrogen (secondary N) is 2. The first kappa shape index (κ1) is 19.2. The van der Waals surface area contributed by atoms with Gasteiger partial charge in [-0.25, -0.2) is 4.98 Å². The van der Waals surface area contributed by atoms with Crippen LogP contribution < -0.4 is 15.4 Å². The van der Waals surface area contributed by atoms with Crippen LogP contribution in [0.4, 0.5) is 0 Å². The number of aliphatic imine (C=N–C) groups is 1. The number of aryl methyl sites for hydroxylation is 2. The molecular formula is C19H28N4OS. The Morgan fingerprint density at radius 3 is 2.88 bits per heavy atom. The minimum Gasteiger partial charge on any atom is -0.497 e. The van der Waals surface area contributed by atoms with Crippen molar-refractivity contribution in [3.63, 3.8) is 0 Å². The van der Waals surface area contributed by atoms with Crippen molar-refractivity contribution < 1.29 is 4.74 Å². The van der Waals surface area contributed by atoms with Gasteiger partial charge in [-0.15, -0.1) is 11.3 Å². The lowest BCUT2D eigenvalue weighted by Gasteiger charge is -2.10. The second-order valence-corrected chi connectivity index (χ2v) is 7.08. The van der Waals surface area contributed by atoms with Gasteiger partial charge in [-0.1, -0.05) is 12.1 Å². The highest BCUT2D eigenvalue weighted by molar-refractivity contribution is 7.11. The molecular weight excluding hydrogens is 332 g/mol. The number of benzene rings is 1. The SMILES string of the molecule is CCNC(=NCCCc1cccc(OC)c1)NCCc1ncc(C)s1. The van der Waals surface area contributed by atoms with Crippen LogP contribution in [0, 0.1) is 6.92 Å². The fraction of sp³-hybridized carbons (Fsp3) is 0.474. The van der Waals surface area contributed by atoms with Crippen molar-refractivity contribution in [3.05, 3.63) is 45.9 Å². The van der Waals surface area contributed by atoms with Gasteiger partial charge in [0.05, 0.1) is 12.1 Å². The number of ether oxygens (including phenoxy) is 1. The summed E-state index contributed by atoms with van der Waals surface area (Å²) in [7, 11) is 1.70. The monoisotopic (exact) mass is 360 g/mol. The van der Waals surface area contributed by atoms with E-state index >= 15 is 0 Å². The van der Waals surface area contributed by atoms with Gasteiger partial charge in [0.25, 0.3) is 0 Å². The van der Waals surface area contributed by atoms with Crippen LogP contribution in [0.2, 0.25) is 0 Å². The molecule has 5 nitrogen and oxygen atoms in total. The van der Waals surface area contributed by atoms with Gasteiger partial charge < -0.3 is 15.4 Å². The highest BCUT2D eigenvalue weighted by atomic mass is 32.1. The molecule has 0 aliphatic carbocycles. The Hall–Kier alpha value is -2.08. The quantitative estimate of drug-likeness (QED) is 0.410. The average molecular weight is 361 g/mol. The van der Waals surface area contributed by atoms with Crippen molar-refractivity contribution in [2.45, 2.75) is 33.1 Å². The summed E-state index contributed by atoms with van der Waals surface area (Å²) >= 11 is 1.75. The number of guanidine groups is 1. The summed E-state index contributed by atoms with van der Waals surface area (Å²) in [4.78, 5) is 10.3. The molecule has 0 amide bonds. The zero-order valence-corrected chi connectivity index (χ0v) is 16.2. The third-order valence-electron chi connectivity index (χ3n) is 3.67. The highest BCUT2D eigenvalue weighted by Gasteiger charge is 2.01. The van der Waals surface area contributed by atoms with Crippen LogP contribution >= 0.6 is 11.3 Å². The Kier molecular flexibility index (Phi) is 8.25. The van der Waals surface area contributed by atoms with Gasteiger partial charge >= 0.3 is 0 Å². The second kappa shape index (κ2) is 10.7. The van der Waals surface area contributed by atoms with Crippen LogP contribution in [0.5, 0.6) is 5.75 Å². The average Bonchev–Trinajstić information content (AvgIpc) is 3.04. The van der Waals surface area contributed by atoms with Crippen LogP contribution in [-0.4, -0.2) is 37.7 Å². The van der Waals surface area contributed by atoms with Gasteiger partial charge in [0.15, 0.2) is 5.96 Å². The molecule has 25 heavy (non-hydrogen) atoms. The summed E-state index contributed by atoms with van der Waals surface area (Å²) in [5, 5.41) is 7.84. The van der Waals surface area contributed by atoms with E-state index in [2.05, 4.69) is 46.6 Å². The molecule has 0 atom stereocenters. The third-order valence-corrected chi connectivity index (χ3v) is 4.64. The lowest BCUT2D eigenvalue weighted by molar-refractivity contribution is 0.414. The predicted molar refractivity (Wildman–Crippen MR) is 106 cm³/mol. The summed E-state index contributed by atoms with van der Waals surface area (Å²) in [6.45, 7) is 6.66. The van der Waals surface area contributed by atoms with E-state index in [0.717, 1.165) is 50.6 Å². The molecule has 0 aliphatic heterocycles. The second-order valence-electron chi connectivity index (χ2n) is 5.76. The fourth-order valence-electron chi connectivity index (χ4n) is 2.45. The molecule has 2 N–H and O–H groups in total. The summed E-state index contributed by atoms with van der Waals surface area (Å²) in [6, 6.07) is 8.22. The first-order valence-electron chi connectivity index (χ1n) is 8.77. The van der Waals surface area contributed by atoms with Crippen molar-refractivity contribution >= 4 is 17.3 Å². The summed E-state index contributed by atoms with van der Waals surface area (Å²) in [5.41, 5.74) is 1.28. The zero-order chi connectivity index (χ0) is 17.9. The molecule has 2 aromatic rings. The standard InChI is InChI=1S/C19H28N4OS/c1-4-20-19(22-12-10-18-23-14-15(2)25-18)21-11-6-8-16-7-5-9-17(13-16)24-3/h5,7,9,13-14H,4,6,8,10-12H2,1-3H3,(H2,20,21,22). The van der Waals surface area contributed by atoms with Crippen molar-refractivity contribution in [2.24, 2.45) is 4.99 Å². The highest BCUT2D eigenvalue weighted by Crippen LogP contribution is 2.14. The number of hydrogen-bond acceptors (Lipinski definition) is 4.